The van der Waals surface area contributed by atoms with Gasteiger partial charge >= 0.3 is 5.97 Å². The second-order valence-electron chi connectivity index (χ2n) is 5.09. The molecule has 2 unspecified atom stereocenters. The first-order valence-corrected chi connectivity index (χ1v) is 7.38. The van der Waals surface area contributed by atoms with Gasteiger partial charge in [0, 0.05) is 6.04 Å². The zero-order valence-corrected chi connectivity index (χ0v) is 12.2. The maximum atomic E-state index is 11.8. The standard InChI is InChI=1S/C16H23NO3/c1-3-14(16(18)19-4-2)20-15-10-6-7-11-12(15)8-5-9-13(11)17/h6-7,10,13-14H,3-5,8-9,17H2,1-2H3. The third kappa shape index (κ3) is 3.12. The number of esters is 1. The lowest BCUT2D eigenvalue weighted by Crippen LogP contribution is -2.29. The van der Waals surface area contributed by atoms with Crippen molar-refractivity contribution >= 4 is 5.97 Å². The van der Waals surface area contributed by atoms with Crippen LogP contribution in [0, 0.1) is 0 Å². The van der Waals surface area contributed by atoms with E-state index >= 15 is 0 Å². The number of rotatable bonds is 5. The van der Waals surface area contributed by atoms with Gasteiger partial charge in [0.2, 0.25) is 0 Å². The number of nitrogens with two attached hydrogens (primary N) is 1. The quantitative estimate of drug-likeness (QED) is 0.841. The predicted molar refractivity (Wildman–Crippen MR) is 77.6 cm³/mol. The van der Waals surface area contributed by atoms with E-state index in [1.807, 2.05) is 19.1 Å². The van der Waals surface area contributed by atoms with Crippen LogP contribution in [0.15, 0.2) is 18.2 Å². The van der Waals surface area contributed by atoms with Crippen LogP contribution in [0.5, 0.6) is 5.75 Å². The van der Waals surface area contributed by atoms with Gasteiger partial charge in [-0.25, -0.2) is 4.79 Å². The van der Waals surface area contributed by atoms with E-state index in [2.05, 4.69) is 6.07 Å². The van der Waals surface area contributed by atoms with Crippen LogP contribution < -0.4 is 10.5 Å². The van der Waals surface area contributed by atoms with Gasteiger partial charge in [0.1, 0.15) is 5.75 Å². The van der Waals surface area contributed by atoms with Crippen molar-refractivity contribution in [2.24, 2.45) is 5.73 Å². The fraction of sp³-hybridized carbons (Fsp3) is 0.562. The van der Waals surface area contributed by atoms with E-state index in [-0.39, 0.29) is 12.0 Å². The zero-order chi connectivity index (χ0) is 14.5. The molecule has 1 aliphatic carbocycles. The average molecular weight is 277 g/mol. The van der Waals surface area contributed by atoms with Crippen LogP contribution in [0.1, 0.15) is 50.3 Å². The molecule has 110 valence electrons. The van der Waals surface area contributed by atoms with Gasteiger partial charge in [0.15, 0.2) is 6.10 Å². The fourth-order valence-electron chi connectivity index (χ4n) is 2.65. The monoisotopic (exact) mass is 277 g/mol. The van der Waals surface area contributed by atoms with Crippen LogP contribution in [-0.2, 0) is 16.0 Å². The molecule has 0 saturated carbocycles. The van der Waals surface area contributed by atoms with Crippen molar-refractivity contribution in [2.75, 3.05) is 6.61 Å². The highest BCUT2D eigenvalue weighted by molar-refractivity contribution is 5.75. The van der Waals surface area contributed by atoms with Crippen molar-refractivity contribution in [3.05, 3.63) is 29.3 Å². The van der Waals surface area contributed by atoms with Crippen molar-refractivity contribution in [3.63, 3.8) is 0 Å². The van der Waals surface area contributed by atoms with Crippen LogP contribution in [0.4, 0.5) is 0 Å². The van der Waals surface area contributed by atoms with Gasteiger partial charge in [-0.15, -0.1) is 0 Å². The molecule has 4 heteroatoms. The molecule has 0 aromatic heterocycles. The first kappa shape index (κ1) is 14.9. The highest BCUT2D eigenvalue weighted by atomic mass is 16.6. The molecule has 0 aliphatic heterocycles. The smallest absolute Gasteiger partial charge is 0.347 e. The van der Waals surface area contributed by atoms with Crippen LogP contribution >= 0.6 is 0 Å². The summed E-state index contributed by atoms with van der Waals surface area (Å²) < 4.78 is 10.9. The van der Waals surface area contributed by atoms with Crippen molar-refractivity contribution in [1.29, 1.82) is 0 Å². The molecule has 0 radical (unpaired) electrons. The summed E-state index contributed by atoms with van der Waals surface area (Å²) >= 11 is 0. The second-order valence-corrected chi connectivity index (χ2v) is 5.09. The van der Waals surface area contributed by atoms with Gasteiger partial charge in [-0.05, 0) is 49.8 Å². The Bertz CT molecular complexity index is 473. The maximum Gasteiger partial charge on any atom is 0.347 e. The Morgan fingerprint density at radius 1 is 1.45 bits per heavy atom. The van der Waals surface area contributed by atoms with Crippen molar-refractivity contribution in [2.45, 2.75) is 51.7 Å². The topological polar surface area (TPSA) is 61.5 Å². The van der Waals surface area contributed by atoms with Gasteiger partial charge in [-0.3, -0.25) is 0 Å². The van der Waals surface area contributed by atoms with E-state index in [1.165, 1.54) is 0 Å². The summed E-state index contributed by atoms with van der Waals surface area (Å²) in [5.41, 5.74) is 8.43. The van der Waals surface area contributed by atoms with Gasteiger partial charge in [-0.1, -0.05) is 19.1 Å². The molecule has 0 saturated heterocycles. The molecule has 0 spiro atoms. The minimum Gasteiger partial charge on any atom is -0.478 e. The number of hydrogen-bond acceptors (Lipinski definition) is 4. The molecule has 4 nitrogen and oxygen atoms in total. The normalized spacial score (nSPS) is 19.1. The highest BCUT2D eigenvalue weighted by Gasteiger charge is 2.24. The van der Waals surface area contributed by atoms with Crippen molar-refractivity contribution < 1.29 is 14.3 Å². The van der Waals surface area contributed by atoms with Gasteiger partial charge in [0.25, 0.3) is 0 Å². The predicted octanol–water partition coefficient (Wildman–Crippen LogP) is 2.74. The fourth-order valence-corrected chi connectivity index (χ4v) is 2.65. The number of benzene rings is 1. The van der Waals surface area contributed by atoms with E-state index in [4.69, 9.17) is 15.2 Å². The van der Waals surface area contributed by atoms with Crippen molar-refractivity contribution in [3.8, 4) is 5.75 Å². The average Bonchev–Trinajstić information content (AvgIpc) is 2.45. The summed E-state index contributed by atoms with van der Waals surface area (Å²) in [5.74, 6) is 0.477. The van der Waals surface area contributed by atoms with E-state index in [1.54, 1.807) is 6.92 Å². The molecule has 0 amide bonds. The molecule has 1 aromatic carbocycles. The van der Waals surface area contributed by atoms with Gasteiger partial charge in [0.05, 0.1) is 6.61 Å². The molecule has 2 rings (SSSR count). The molecule has 2 atom stereocenters. The Kier molecular flexibility index (Phi) is 5.01. The summed E-state index contributed by atoms with van der Waals surface area (Å²) in [5, 5.41) is 0. The van der Waals surface area contributed by atoms with Crippen LogP contribution in [0.3, 0.4) is 0 Å². The van der Waals surface area contributed by atoms with Gasteiger partial charge < -0.3 is 15.2 Å². The first-order valence-electron chi connectivity index (χ1n) is 7.38. The number of carbonyl (C=O) groups excluding carboxylic acids is 1. The lowest BCUT2D eigenvalue weighted by molar-refractivity contribution is -0.151. The Hall–Kier alpha value is -1.55. The largest absolute Gasteiger partial charge is 0.478 e. The summed E-state index contributed by atoms with van der Waals surface area (Å²) in [6.45, 7) is 4.09. The maximum absolute atomic E-state index is 11.8. The van der Waals surface area contributed by atoms with Crippen molar-refractivity contribution in [1.82, 2.24) is 0 Å². The van der Waals surface area contributed by atoms with E-state index < -0.39 is 6.10 Å². The number of ether oxygens (including phenoxy) is 2. The summed E-state index contributed by atoms with van der Waals surface area (Å²) in [7, 11) is 0. The number of fused-ring (bicyclic) bond motifs is 1. The summed E-state index contributed by atoms with van der Waals surface area (Å²) in [4.78, 5) is 11.8. The molecule has 20 heavy (non-hydrogen) atoms. The molecular formula is C16H23NO3. The number of carbonyl (C=O) groups is 1. The first-order chi connectivity index (χ1) is 9.67. The van der Waals surface area contributed by atoms with Gasteiger partial charge in [-0.2, -0.15) is 0 Å². The number of hydrogen-bond donors (Lipinski definition) is 1. The SMILES string of the molecule is CCOC(=O)C(CC)Oc1cccc2c1CCCC2N. The third-order valence-corrected chi connectivity index (χ3v) is 3.70. The lowest BCUT2D eigenvalue weighted by atomic mass is 9.87. The Morgan fingerprint density at radius 3 is 2.95 bits per heavy atom. The minimum atomic E-state index is -0.542. The Labute approximate surface area is 120 Å². The molecule has 0 heterocycles. The Balaban J connectivity index is 2.20. The molecule has 2 N–H and O–H groups in total. The lowest BCUT2D eigenvalue weighted by Gasteiger charge is -2.26. The Morgan fingerprint density at radius 2 is 2.25 bits per heavy atom. The van der Waals surface area contributed by atoms with Crippen LogP contribution in [0.2, 0.25) is 0 Å². The third-order valence-electron chi connectivity index (χ3n) is 3.70. The molecule has 1 aromatic rings. The summed E-state index contributed by atoms with van der Waals surface area (Å²) in [6, 6.07) is 5.98. The van der Waals surface area contributed by atoms with Crippen LogP contribution in [0.25, 0.3) is 0 Å². The van der Waals surface area contributed by atoms with E-state index in [9.17, 15) is 4.79 Å². The minimum absolute atomic E-state index is 0.0740. The second kappa shape index (κ2) is 6.75. The molecule has 0 bridgehead atoms. The molecule has 1 aliphatic rings. The van der Waals surface area contributed by atoms with E-state index in [0.29, 0.717) is 13.0 Å². The van der Waals surface area contributed by atoms with Crippen LogP contribution in [-0.4, -0.2) is 18.7 Å². The molecule has 0 fully saturated rings. The van der Waals surface area contributed by atoms with E-state index in [0.717, 1.165) is 36.1 Å². The highest BCUT2D eigenvalue weighted by Crippen LogP contribution is 2.34. The summed E-state index contributed by atoms with van der Waals surface area (Å²) in [6.07, 6.45) is 3.07. The molecular weight excluding hydrogens is 254 g/mol. The zero-order valence-electron chi connectivity index (χ0n) is 12.2.